The van der Waals surface area contributed by atoms with Crippen LogP contribution < -0.4 is 16.2 Å². The monoisotopic (exact) mass is 427 g/mol. The summed E-state index contributed by atoms with van der Waals surface area (Å²) in [5.41, 5.74) is 3.17. The van der Waals surface area contributed by atoms with Crippen LogP contribution in [0.25, 0.3) is 0 Å². The summed E-state index contributed by atoms with van der Waals surface area (Å²) in [6, 6.07) is 14.9. The first-order chi connectivity index (χ1) is 14.0. The Labute approximate surface area is 178 Å². The molecule has 1 aromatic heterocycles. The molecular formula is C21H19Cl2N5O. The predicted octanol–water partition coefficient (Wildman–Crippen LogP) is 4.67. The van der Waals surface area contributed by atoms with Crippen LogP contribution in [-0.2, 0) is 6.42 Å². The lowest BCUT2D eigenvalue weighted by atomic mass is 10.1. The molecule has 2 N–H and O–H groups in total. The molecule has 3 aromatic rings. The van der Waals surface area contributed by atoms with E-state index < -0.39 is 6.17 Å². The van der Waals surface area contributed by atoms with Gasteiger partial charge in [0.2, 0.25) is 11.9 Å². The van der Waals surface area contributed by atoms with Crippen LogP contribution in [0.1, 0.15) is 29.9 Å². The Morgan fingerprint density at radius 1 is 1.17 bits per heavy atom. The first-order valence-corrected chi connectivity index (χ1v) is 9.97. The summed E-state index contributed by atoms with van der Waals surface area (Å²) in [6.07, 6.45) is 0.478. The van der Waals surface area contributed by atoms with Gasteiger partial charge in [-0.25, -0.2) is 4.98 Å². The van der Waals surface area contributed by atoms with Crippen molar-refractivity contribution in [1.82, 2.24) is 14.9 Å². The number of nitrogens with one attached hydrogen (secondary N) is 2. The van der Waals surface area contributed by atoms with E-state index in [4.69, 9.17) is 23.2 Å². The van der Waals surface area contributed by atoms with Gasteiger partial charge in [-0.2, -0.15) is 4.99 Å². The van der Waals surface area contributed by atoms with E-state index in [1.54, 1.807) is 29.7 Å². The van der Waals surface area contributed by atoms with Crippen molar-refractivity contribution < 1.29 is 0 Å². The van der Waals surface area contributed by atoms with Gasteiger partial charge >= 0.3 is 0 Å². The number of hydrogen-bond acceptors (Lipinski definition) is 5. The summed E-state index contributed by atoms with van der Waals surface area (Å²) in [5.74, 6) is 0.746. The zero-order chi connectivity index (χ0) is 20.5. The van der Waals surface area contributed by atoms with E-state index in [1.165, 1.54) is 11.6 Å². The van der Waals surface area contributed by atoms with E-state index >= 15 is 0 Å². The van der Waals surface area contributed by atoms with Crippen molar-refractivity contribution in [1.29, 1.82) is 0 Å². The summed E-state index contributed by atoms with van der Waals surface area (Å²) in [7, 11) is 0. The molecule has 8 heteroatoms. The number of fused-ring (bicyclic) bond motifs is 1. The fourth-order valence-electron chi connectivity index (χ4n) is 3.20. The Bertz CT molecular complexity index is 1150. The first-order valence-electron chi connectivity index (χ1n) is 9.21. The average Bonchev–Trinajstić information content (AvgIpc) is 2.70. The third-order valence-electron chi connectivity index (χ3n) is 4.71. The van der Waals surface area contributed by atoms with Gasteiger partial charge in [-0.1, -0.05) is 60.5 Å². The molecule has 2 heterocycles. The zero-order valence-corrected chi connectivity index (χ0v) is 17.4. The van der Waals surface area contributed by atoms with E-state index in [1.807, 2.05) is 12.1 Å². The van der Waals surface area contributed by atoms with Gasteiger partial charge in [-0.3, -0.25) is 9.36 Å². The van der Waals surface area contributed by atoms with E-state index in [-0.39, 0.29) is 5.56 Å². The maximum Gasteiger partial charge on any atom is 0.257 e. The van der Waals surface area contributed by atoms with Crippen LogP contribution in [0.5, 0.6) is 0 Å². The molecule has 1 aliphatic heterocycles. The third-order valence-corrected chi connectivity index (χ3v) is 5.53. The van der Waals surface area contributed by atoms with Crippen molar-refractivity contribution in [3.8, 4) is 0 Å². The van der Waals surface area contributed by atoms with Gasteiger partial charge in [0.1, 0.15) is 6.17 Å². The molecule has 29 heavy (non-hydrogen) atoms. The van der Waals surface area contributed by atoms with Gasteiger partial charge in [-0.15, -0.1) is 0 Å². The van der Waals surface area contributed by atoms with Gasteiger partial charge < -0.3 is 10.6 Å². The minimum atomic E-state index is -0.463. The molecule has 0 bridgehead atoms. The number of aliphatic imine (C=N–C) groups is 1. The Kier molecular flexibility index (Phi) is 5.30. The fourth-order valence-corrected chi connectivity index (χ4v) is 3.55. The molecular weight excluding hydrogens is 409 g/mol. The minimum Gasteiger partial charge on any atom is -0.331 e. The van der Waals surface area contributed by atoms with Crippen LogP contribution in [0.15, 0.2) is 58.3 Å². The van der Waals surface area contributed by atoms with Gasteiger partial charge in [0, 0.05) is 11.8 Å². The van der Waals surface area contributed by atoms with Crippen LogP contribution in [0.3, 0.4) is 0 Å². The van der Waals surface area contributed by atoms with Crippen LogP contribution in [0.4, 0.5) is 11.6 Å². The molecule has 1 aliphatic rings. The Morgan fingerprint density at radius 2 is 1.93 bits per heavy atom. The third kappa shape index (κ3) is 3.86. The van der Waals surface area contributed by atoms with Gasteiger partial charge in [0.15, 0.2) is 0 Å². The smallest absolute Gasteiger partial charge is 0.257 e. The second-order valence-electron chi connectivity index (χ2n) is 6.73. The summed E-state index contributed by atoms with van der Waals surface area (Å²) < 4.78 is 1.54. The lowest BCUT2D eigenvalue weighted by Gasteiger charge is -2.29. The minimum absolute atomic E-state index is 0.173. The number of aryl methyl sites for hydroxylation is 2. The predicted molar refractivity (Wildman–Crippen MR) is 118 cm³/mol. The first kappa shape index (κ1) is 19.5. The molecule has 0 fully saturated rings. The molecule has 0 amide bonds. The maximum atomic E-state index is 12.7. The Balaban J connectivity index is 1.79. The highest BCUT2D eigenvalue weighted by Gasteiger charge is 2.25. The molecule has 0 spiro atoms. The Morgan fingerprint density at radius 3 is 2.66 bits per heavy atom. The molecule has 148 valence electrons. The summed E-state index contributed by atoms with van der Waals surface area (Å²) >= 11 is 12.4. The van der Waals surface area contributed by atoms with E-state index in [0.717, 1.165) is 12.0 Å². The zero-order valence-electron chi connectivity index (χ0n) is 15.9. The molecule has 1 unspecified atom stereocenters. The topological polar surface area (TPSA) is 71.3 Å². The average molecular weight is 428 g/mol. The van der Waals surface area contributed by atoms with Gasteiger partial charge in [-0.05, 0) is 36.6 Å². The van der Waals surface area contributed by atoms with Crippen molar-refractivity contribution in [3.05, 3.63) is 85.8 Å². The number of aromatic nitrogens is 2. The number of hydrogen-bond donors (Lipinski definition) is 2. The van der Waals surface area contributed by atoms with E-state index in [0.29, 0.717) is 33.3 Å². The molecule has 0 aliphatic carbocycles. The number of halogens is 2. The number of anilines is 1. The van der Waals surface area contributed by atoms with Gasteiger partial charge in [0.25, 0.3) is 5.56 Å². The van der Waals surface area contributed by atoms with Gasteiger partial charge in [0.05, 0.1) is 15.7 Å². The molecule has 1 atom stereocenters. The molecule has 4 rings (SSSR count). The Hall–Kier alpha value is -2.83. The fraction of sp³-hybridized carbons (Fsp3) is 0.190. The standard InChI is InChI=1S/C21H19Cl2N5O/c1-3-13-7-9-14(10-8-13)19-26-20(25-16-6-4-5-15(22)18(16)23)27-21-24-12(2)11-17(29)28(19)21/h4-11,19H,3H2,1-2H3,(H2,24,25,26,27). The lowest BCUT2D eigenvalue weighted by molar-refractivity contribution is 0.513. The van der Waals surface area contributed by atoms with E-state index in [9.17, 15) is 4.79 Å². The highest BCUT2D eigenvalue weighted by Crippen LogP contribution is 2.30. The van der Waals surface area contributed by atoms with Crippen LogP contribution >= 0.6 is 23.2 Å². The molecule has 0 saturated heterocycles. The number of nitrogens with zero attached hydrogens (tertiary/aromatic N) is 3. The van der Waals surface area contributed by atoms with Crippen LogP contribution in [0, 0.1) is 6.92 Å². The van der Waals surface area contributed by atoms with Crippen molar-refractivity contribution in [3.63, 3.8) is 0 Å². The van der Waals surface area contributed by atoms with Crippen molar-refractivity contribution >= 4 is 40.8 Å². The quantitative estimate of drug-likeness (QED) is 0.636. The number of rotatable bonds is 3. The second-order valence-corrected chi connectivity index (χ2v) is 7.52. The number of benzene rings is 2. The summed E-state index contributed by atoms with van der Waals surface area (Å²) in [6.45, 7) is 3.87. The van der Waals surface area contributed by atoms with E-state index in [2.05, 4.69) is 39.7 Å². The highest BCUT2D eigenvalue weighted by molar-refractivity contribution is 6.44. The van der Waals surface area contributed by atoms with Crippen molar-refractivity contribution in [2.45, 2.75) is 26.4 Å². The molecule has 2 aromatic carbocycles. The number of guanidine groups is 1. The molecule has 6 nitrogen and oxygen atoms in total. The maximum absolute atomic E-state index is 12.7. The lowest BCUT2D eigenvalue weighted by Crippen LogP contribution is -2.44. The van der Waals surface area contributed by atoms with Crippen LogP contribution in [0.2, 0.25) is 10.0 Å². The molecule has 0 saturated carbocycles. The highest BCUT2D eigenvalue weighted by atomic mass is 35.5. The second kappa shape index (κ2) is 7.89. The normalized spacial score (nSPS) is 15.3. The largest absolute Gasteiger partial charge is 0.331 e. The molecule has 0 radical (unpaired) electrons. The summed E-state index contributed by atoms with van der Waals surface area (Å²) in [5, 5.41) is 7.27. The SMILES string of the molecule is CCc1ccc(C2NC(Nc3cccc(Cl)c3Cl)=Nc3nc(C)cc(=O)n32)cc1. The van der Waals surface area contributed by atoms with Crippen molar-refractivity contribution in [2.24, 2.45) is 4.99 Å². The van der Waals surface area contributed by atoms with Crippen molar-refractivity contribution in [2.75, 3.05) is 5.32 Å². The summed E-state index contributed by atoms with van der Waals surface area (Å²) in [4.78, 5) is 21.6. The van der Waals surface area contributed by atoms with Crippen LogP contribution in [-0.4, -0.2) is 15.5 Å².